The van der Waals surface area contributed by atoms with Gasteiger partial charge in [-0.2, -0.15) is 0 Å². The lowest BCUT2D eigenvalue weighted by Gasteiger charge is -2.19. The summed E-state index contributed by atoms with van der Waals surface area (Å²) in [7, 11) is 0. The van der Waals surface area contributed by atoms with Gasteiger partial charge >= 0.3 is 0 Å². The summed E-state index contributed by atoms with van der Waals surface area (Å²) in [5, 5.41) is 4.82. The third kappa shape index (κ3) is 3.15. The summed E-state index contributed by atoms with van der Waals surface area (Å²) in [4.78, 5) is 41.9. The van der Waals surface area contributed by atoms with Gasteiger partial charge in [-0.25, -0.2) is 13.8 Å². The molecule has 0 fully saturated rings. The number of nitrogens with one attached hydrogen (secondary N) is 3. The number of amides is 2. The first-order chi connectivity index (χ1) is 13.4. The Morgan fingerprint density at radius 1 is 1.21 bits per heavy atom. The minimum atomic E-state index is -0.749. The largest absolute Gasteiger partial charge is 0.481 e. The molecule has 3 N–H and O–H groups in total. The molecule has 2 amide bonds. The molecule has 1 aromatic heterocycles. The van der Waals surface area contributed by atoms with Gasteiger partial charge in [0.05, 0.1) is 10.9 Å². The average Bonchev–Trinajstić information content (AvgIpc) is 2.68. The molecule has 0 bridgehead atoms. The summed E-state index contributed by atoms with van der Waals surface area (Å²) in [5.41, 5.74) is -0.519. The van der Waals surface area contributed by atoms with Gasteiger partial charge in [-0.05, 0) is 24.3 Å². The number of carbonyl (C=O) groups is 2. The summed E-state index contributed by atoms with van der Waals surface area (Å²) in [6.45, 7) is -0.424. The standard InChI is InChI=1S/C18H12F2N4O4/c19-9-2-3-11-10(5-9)17(26)24-16(22-11)18(27)21-6-8-1-4-12-15(14(8)20)23-13(25)7-28-12/h1-5H,6-7H2,(H,21,27)(H,23,25)(H,22,24,26). The number of aromatic amines is 1. The van der Waals surface area contributed by atoms with Gasteiger partial charge in [0, 0.05) is 12.1 Å². The Morgan fingerprint density at radius 3 is 2.86 bits per heavy atom. The molecule has 4 rings (SSSR count). The Hall–Kier alpha value is -3.82. The van der Waals surface area contributed by atoms with E-state index < -0.39 is 29.0 Å². The normalized spacial score (nSPS) is 12.9. The second kappa shape index (κ2) is 6.72. The lowest BCUT2D eigenvalue weighted by molar-refractivity contribution is -0.118. The zero-order valence-corrected chi connectivity index (χ0v) is 14.1. The van der Waals surface area contributed by atoms with Crippen LogP contribution in [0.2, 0.25) is 0 Å². The Morgan fingerprint density at radius 2 is 2.04 bits per heavy atom. The van der Waals surface area contributed by atoms with Crippen LogP contribution >= 0.6 is 0 Å². The van der Waals surface area contributed by atoms with Gasteiger partial charge in [-0.1, -0.05) is 6.07 Å². The van der Waals surface area contributed by atoms with Gasteiger partial charge < -0.3 is 20.4 Å². The smallest absolute Gasteiger partial charge is 0.287 e. The van der Waals surface area contributed by atoms with Crippen LogP contribution in [-0.4, -0.2) is 28.4 Å². The molecule has 0 saturated carbocycles. The van der Waals surface area contributed by atoms with Gasteiger partial charge in [-0.3, -0.25) is 14.4 Å². The number of rotatable bonds is 3. The summed E-state index contributed by atoms with van der Waals surface area (Å²) in [5.74, 6) is -2.67. The third-order valence-electron chi connectivity index (χ3n) is 4.13. The van der Waals surface area contributed by atoms with Crippen LogP contribution in [0.3, 0.4) is 0 Å². The molecule has 0 saturated heterocycles. The molecule has 1 aliphatic rings. The summed E-state index contributed by atoms with van der Waals surface area (Å²) in [6, 6.07) is 6.30. The zero-order valence-electron chi connectivity index (χ0n) is 14.1. The van der Waals surface area contributed by atoms with Crippen LogP contribution in [0.15, 0.2) is 35.1 Å². The number of halogens is 2. The van der Waals surface area contributed by atoms with Gasteiger partial charge in [0.1, 0.15) is 17.3 Å². The molecule has 142 valence electrons. The van der Waals surface area contributed by atoms with Crippen molar-refractivity contribution in [2.45, 2.75) is 6.54 Å². The quantitative estimate of drug-likeness (QED) is 0.631. The van der Waals surface area contributed by atoms with Gasteiger partial charge in [0.15, 0.2) is 18.2 Å². The molecule has 0 spiro atoms. The first-order valence-corrected chi connectivity index (χ1v) is 8.14. The number of hydrogen-bond acceptors (Lipinski definition) is 5. The Kier molecular flexibility index (Phi) is 4.22. The molecule has 0 unspecified atom stereocenters. The predicted molar refractivity (Wildman–Crippen MR) is 94.0 cm³/mol. The number of aromatic nitrogens is 2. The second-order valence-electron chi connectivity index (χ2n) is 6.01. The fraction of sp³-hybridized carbons (Fsp3) is 0.111. The summed E-state index contributed by atoms with van der Waals surface area (Å²) in [6.07, 6.45) is 0. The van der Waals surface area contributed by atoms with E-state index >= 15 is 0 Å². The van der Waals surface area contributed by atoms with Crippen LogP contribution < -0.4 is 20.9 Å². The van der Waals surface area contributed by atoms with Crippen molar-refractivity contribution in [1.29, 1.82) is 0 Å². The number of hydrogen-bond donors (Lipinski definition) is 3. The van der Waals surface area contributed by atoms with E-state index in [1.165, 1.54) is 18.2 Å². The van der Waals surface area contributed by atoms with Crippen molar-refractivity contribution in [3.63, 3.8) is 0 Å². The highest BCUT2D eigenvalue weighted by atomic mass is 19.1. The maximum atomic E-state index is 14.5. The van der Waals surface area contributed by atoms with Crippen molar-refractivity contribution in [2.75, 3.05) is 11.9 Å². The minimum absolute atomic E-state index is 0.00743. The fourth-order valence-corrected chi connectivity index (χ4v) is 2.77. The molecule has 8 nitrogen and oxygen atoms in total. The van der Waals surface area contributed by atoms with Crippen LogP contribution in [-0.2, 0) is 11.3 Å². The molecular weight excluding hydrogens is 374 g/mol. The van der Waals surface area contributed by atoms with E-state index in [0.717, 1.165) is 12.1 Å². The molecular formula is C18H12F2N4O4. The number of nitrogens with zero attached hydrogens (tertiary/aromatic N) is 1. The Labute approximate surface area is 155 Å². The maximum absolute atomic E-state index is 14.5. The lowest BCUT2D eigenvalue weighted by atomic mass is 10.1. The van der Waals surface area contributed by atoms with Crippen LogP contribution in [0, 0.1) is 11.6 Å². The summed E-state index contributed by atoms with van der Waals surface area (Å²) >= 11 is 0. The lowest BCUT2D eigenvalue weighted by Crippen LogP contribution is -2.29. The molecule has 3 aromatic rings. The average molecular weight is 386 g/mol. The number of benzene rings is 2. The van der Waals surface area contributed by atoms with Crippen molar-refractivity contribution in [1.82, 2.24) is 15.3 Å². The van der Waals surface area contributed by atoms with Crippen LogP contribution in [0.25, 0.3) is 10.9 Å². The highest BCUT2D eigenvalue weighted by molar-refractivity contribution is 5.96. The van der Waals surface area contributed by atoms with E-state index in [1.807, 2.05) is 0 Å². The molecule has 28 heavy (non-hydrogen) atoms. The first kappa shape index (κ1) is 17.6. The van der Waals surface area contributed by atoms with Gasteiger partial charge in [0.25, 0.3) is 17.4 Å². The molecule has 0 aliphatic carbocycles. The summed E-state index contributed by atoms with van der Waals surface area (Å²) < 4.78 is 32.9. The predicted octanol–water partition coefficient (Wildman–Crippen LogP) is 1.46. The van der Waals surface area contributed by atoms with E-state index in [0.29, 0.717) is 0 Å². The molecule has 10 heteroatoms. The first-order valence-electron chi connectivity index (χ1n) is 8.14. The number of carbonyl (C=O) groups excluding carboxylic acids is 2. The van der Waals surface area contributed by atoms with Crippen molar-refractivity contribution in [3.8, 4) is 5.75 Å². The van der Waals surface area contributed by atoms with E-state index in [2.05, 4.69) is 20.6 Å². The minimum Gasteiger partial charge on any atom is -0.481 e. The molecule has 2 aromatic carbocycles. The Bertz CT molecular complexity index is 1190. The Balaban J connectivity index is 1.56. The number of anilines is 1. The van der Waals surface area contributed by atoms with Crippen LogP contribution in [0.1, 0.15) is 16.2 Å². The van der Waals surface area contributed by atoms with Crippen molar-refractivity contribution in [2.24, 2.45) is 0 Å². The molecule has 2 heterocycles. The van der Waals surface area contributed by atoms with Crippen molar-refractivity contribution >= 4 is 28.4 Å². The van der Waals surface area contributed by atoms with Gasteiger partial charge in [0.2, 0.25) is 0 Å². The van der Waals surface area contributed by atoms with Crippen molar-refractivity contribution in [3.05, 3.63) is 63.7 Å². The second-order valence-corrected chi connectivity index (χ2v) is 6.01. The third-order valence-corrected chi connectivity index (χ3v) is 4.13. The van der Waals surface area contributed by atoms with E-state index in [1.54, 1.807) is 0 Å². The van der Waals surface area contributed by atoms with Crippen LogP contribution in [0.5, 0.6) is 5.75 Å². The maximum Gasteiger partial charge on any atom is 0.287 e. The highest BCUT2D eigenvalue weighted by Gasteiger charge is 2.22. The van der Waals surface area contributed by atoms with E-state index in [-0.39, 0.29) is 46.9 Å². The van der Waals surface area contributed by atoms with E-state index in [9.17, 15) is 23.2 Å². The SMILES string of the molecule is O=C1COc2ccc(CNC(=O)c3nc4ccc(F)cc4c(=O)[nH]3)c(F)c2N1. The number of H-pyrrole nitrogens is 1. The zero-order chi connectivity index (χ0) is 19.8. The molecule has 0 radical (unpaired) electrons. The van der Waals surface area contributed by atoms with Crippen molar-refractivity contribution < 1.29 is 23.1 Å². The monoisotopic (exact) mass is 386 g/mol. The van der Waals surface area contributed by atoms with Crippen LogP contribution in [0.4, 0.5) is 14.5 Å². The number of fused-ring (bicyclic) bond motifs is 2. The fourth-order valence-electron chi connectivity index (χ4n) is 2.77. The number of ether oxygens (including phenoxy) is 1. The molecule has 0 atom stereocenters. The van der Waals surface area contributed by atoms with Gasteiger partial charge in [-0.15, -0.1) is 0 Å². The highest BCUT2D eigenvalue weighted by Crippen LogP contribution is 2.32. The topological polar surface area (TPSA) is 113 Å². The molecule has 1 aliphatic heterocycles. The van der Waals surface area contributed by atoms with E-state index in [4.69, 9.17) is 4.74 Å².